The summed E-state index contributed by atoms with van der Waals surface area (Å²) in [6.07, 6.45) is 0. The molecular formula is C36H24N6O4. The largest absolute Gasteiger partial charge is 0.423 e. The first-order valence-electron chi connectivity index (χ1n) is 14.3. The fraction of sp³-hybridized carbons (Fsp3) is 0. The van der Waals surface area contributed by atoms with Crippen LogP contribution in [0.3, 0.4) is 0 Å². The molecule has 46 heavy (non-hydrogen) atoms. The number of esters is 2. The lowest BCUT2D eigenvalue weighted by atomic mass is 10.1. The molecule has 10 nitrogen and oxygen atoms in total. The number of H-pyrrole nitrogens is 2. The number of hydrogen-bond donors (Lipinski definition) is 2. The van der Waals surface area contributed by atoms with Gasteiger partial charge >= 0.3 is 11.9 Å². The van der Waals surface area contributed by atoms with Crippen molar-refractivity contribution in [2.45, 2.75) is 0 Å². The van der Waals surface area contributed by atoms with Crippen LogP contribution in [0.4, 0.5) is 0 Å². The number of rotatable bonds is 8. The first-order chi connectivity index (χ1) is 22.6. The summed E-state index contributed by atoms with van der Waals surface area (Å²) < 4.78 is 11.1. The SMILES string of the molecule is O=C(Oc1ccc(OC(=O)c2cccc(-c3nc(-c4ccccc4)n[nH]3)c2)cc1)c1cccc(-c2nc(-c3ccccc3)n[nH]2)c1. The number of nitrogens with zero attached hydrogens (tertiary/aromatic N) is 4. The van der Waals surface area contributed by atoms with Crippen molar-refractivity contribution in [2.75, 3.05) is 0 Å². The quantitative estimate of drug-likeness (QED) is 0.139. The van der Waals surface area contributed by atoms with E-state index in [4.69, 9.17) is 9.47 Å². The molecule has 10 heteroatoms. The van der Waals surface area contributed by atoms with E-state index in [0.29, 0.717) is 57.1 Å². The Hall–Kier alpha value is -6.68. The number of ether oxygens (including phenoxy) is 2. The monoisotopic (exact) mass is 604 g/mol. The molecule has 5 aromatic carbocycles. The Morgan fingerprint density at radius 3 is 1.26 bits per heavy atom. The molecule has 0 unspecified atom stereocenters. The number of benzene rings is 5. The van der Waals surface area contributed by atoms with Crippen molar-refractivity contribution in [3.63, 3.8) is 0 Å². The Labute approximate surface area is 262 Å². The minimum Gasteiger partial charge on any atom is -0.423 e. The van der Waals surface area contributed by atoms with Crippen molar-refractivity contribution in [3.8, 4) is 57.1 Å². The Morgan fingerprint density at radius 1 is 0.457 bits per heavy atom. The minimum atomic E-state index is -0.547. The van der Waals surface area contributed by atoms with Gasteiger partial charge in [-0.25, -0.2) is 19.6 Å². The van der Waals surface area contributed by atoms with Crippen molar-refractivity contribution in [1.29, 1.82) is 0 Å². The molecule has 0 aliphatic carbocycles. The average Bonchev–Trinajstić information content (AvgIpc) is 3.82. The molecule has 2 aromatic heterocycles. The van der Waals surface area contributed by atoms with Crippen molar-refractivity contribution in [3.05, 3.63) is 145 Å². The van der Waals surface area contributed by atoms with Crippen molar-refractivity contribution >= 4 is 11.9 Å². The molecule has 2 heterocycles. The van der Waals surface area contributed by atoms with Gasteiger partial charge in [0.25, 0.3) is 0 Å². The second-order valence-corrected chi connectivity index (χ2v) is 10.2. The lowest BCUT2D eigenvalue weighted by Gasteiger charge is -2.08. The number of carbonyl (C=O) groups excluding carboxylic acids is 2. The minimum absolute atomic E-state index is 0.294. The Morgan fingerprint density at radius 2 is 0.848 bits per heavy atom. The van der Waals surface area contributed by atoms with Gasteiger partial charge in [0.05, 0.1) is 11.1 Å². The Bertz CT molecular complexity index is 1990. The molecule has 0 amide bonds. The third-order valence-corrected chi connectivity index (χ3v) is 7.02. The van der Waals surface area contributed by atoms with Gasteiger partial charge in [-0.3, -0.25) is 10.2 Å². The highest BCUT2D eigenvalue weighted by Gasteiger charge is 2.15. The van der Waals surface area contributed by atoms with Crippen LogP contribution in [-0.2, 0) is 0 Å². The molecule has 0 radical (unpaired) electrons. The van der Waals surface area contributed by atoms with E-state index < -0.39 is 11.9 Å². The summed E-state index contributed by atoms with van der Waals surface area (Å²) in [5.74, 6) is 1.67. The zero-order chi connectivity index (χ0) is 31.3. The molecule has 0 fully saturated rings. The molecule has 222 valence electrons. The predicted molar refractivity (Wildman–Crippen MR) is 171 cm³/mol. The molecule has 2 N–H and O–H groups in total. The maximum Gasteiger partial charge on any atom is 0.343 e. The van der Waals surface area contributed by atoms with Crippen LogP contribution in [0, 0.1) is 0 Å². The smallest absolute Gasteiger partial charge is 0.343 e. The topological polar surface area (TPSA) is 136 Å². The average molecular weight is 605 g/mol. The zero-order valence-corrected chi connectivity index (χ0v) is 24.1. The van der Waals surface area contributed by atoms with E-state index in [-0.39, 0.29) is 0 Å². The van der Waals surface area contributed by atoms with Crippen molar-refractivity contribution < 1.29 is 19.1 Å². The van der Waals surface area contributed by atoms with E-state index in [0.717, 1.165) is 11.1 Å². The van der Waals surface area contributed by atoms with Gasteiger partial charge in [0.15, 0.2) is 23.3 Å². The Kier molecular flexibility index (Phi) is 7.64. The highest BCUT2D eigenvalue weighted by atomic mass is 16.5. The second-order valence-electron chi connectivity index (χ2n) is 10.2. The fourth-order valence-electron chi connectivity index (χ4n) is 4.71. The van der Waals surface area contributed by atoms with E-state index in [1.54, 1.807) is 60.7 Å². The maximum atomic E-state index is 12.9. The second kappa shape index (κ2) is 12.5. The molecule has 0 aliphatic rings. The lowest BCUT2D eigenvalue weighted by Crippen LogP contribution is -2.10. The van der Waals surface area contributed by atoms with E-state index in [2.05, 4.69) is 30.4 Å². The Balaban J connectivity index is 0.989. The van der Waals surface area contributed by atoms with E-state index in [9.17, 15) is 9.59 Å². The maximum absolute atomic E-state index is 12.9. The molecule has 0 aliphatic heterocycles. The number of nitrogens with one attached hydrogen (secondary N) is 2. The first kappa shape index (κ1) is 28.1. The van der Waals surface area contributed by atoms with Crippen LogP contribution in [0.15, 0.2) is 133 Å². The first-order valence-corrected chi connectivity index (χ1v) is 14.3. The summed E-state index contributed by atoms with van der Waals surface area (Å²) in [6, 6.07) is 39.3. The van der Waals surface area contributed by atoms with Gasteiger partial charge < -0.3 is 9.47 Å². The molecule has 0 bridgehead atoms. The zero-order valence-electron chi connectivity index (χ0n) is 24.1. The molecule has 0 spiro atoms. The third-order valence-electron chi connectivity index (χ3n) is 7.02. The van der Waals surface area contributed by atoms with E-state index in [1.165, 1.54) is 0 Å². The van der Waals surface area contributed by atoms with Crippen LogP contribution in [0.5, 0.6) is 11.5 Å². The summed E-state index contributed by atoms with van der Waals surface area (Å²) in [5.41, 5.74) is 3.83. The summed E-state index contributed by atoms with van der Waals surface area (Å²) in [7, 11) is 0. The highest BCUT2D eigenvalue weighted by Crippen LogP contribution is 2.25. The van der Waals surface area contributed by atoms with E-state index in [1.807, 2.05) is 72.8 Å². The molecule has 7 aromatic rings. The normalized spacial score (nSPS) is 10.8. The fourth-order valence-corrected chi connectivity index (χ4v) is 4.71. The van der Waals surface area contributed by atoms with Crippen LogP contribution in [0.1, 0.15) is 20.7 Å². The molecule has 0 saturated heterocycles. The van der Waals surface area contributed by atoms with Crippen LogP contribution in [0.2, 0.25) is 0 Å². The number of aromatic nitrogens is 6. The molecule has 0 atom stereocenters. The summed E-state index contributed by atoms with van der Waals surface area (Å²) in [4.78, 5) is 35.0. The predicted octanol–water partition coefficient (Wildman–Crippen LogP) is 7.03. The van der Waals surface area contributed by atoms with Crippen molar-refractivity contribution in [1.82, 2.24) is 30.4 Å². The number of aromatic amines is 2. The summed E-state index contributed by atoms with van der Waals surface area (Å²) in [6.45, 7) is 0. The van der Waals surface area contributed by atoms with Gasteiger partial charge in [0.2, 0.25) is 0 Å². The van der Waals surface area contributed by atoms with Crippen molar-refractivity contribution in [2.24, 2.45) is 0 Å². The van der Waals surface area contributed by atoms with Crippen LogP contribution >= 0.6 is 0 Å². The van der Waals surface area contributed by atoms with E-state index >= 15 is 0 Å². The van der Waals surface area contributed by atoms with Gasteiger partial charge in [-0.15, -0.1) is 0 Å². The van der Waals surface area contributed by atoms with Gasteiger partial charge in [-0.1, -0.05) is 84.9 Å². The lowest BCUT2D eigenvalue weighted by molar-refractivity contribution is 0.0719. The summed E-state index contributed by atoms with van der Waals surface area (Å²) in [5, 5.41) is 14.4. The van der Waals surface area contributed by atoms with Gasteiger partial charge in [0, 0.05) is 22.3 Å². The highest BCUT2D eigenvalue weighted by molar-refractivity contribution is 5.93. The molecular weight excluding hydrogens is 580 g/mol. The van der Waals surface area contributed by atoms with Gasteiger partial charge in [-0.05, 0) is 48.5 Å². The number of hydrogen-bond acceptors (Lipinski definition) is 8. The number of carbonyl (C=O) groups is 2. The van der Waals surface area contributed by atoms with Crippen LogP contribution < -0.4 is 9.47 Å². The van der Waals surface area contributed by atoms with Gasteiger partial charge in [0.1, 0.15) is 11.5 Å². The standard InChI is InChI=1S/C36H24N6O4/c43-35(27-15-7-13-25(21-27)33-37-31(39-41-33)23-9-3-1-4-10-23)45-29-17-19-30(20-18-29)46-36(44)28-16-8-14-26(22-28)34-38-32(40-42-34)24-11-5-2-6-12-24/h1-22H,(H,37,39,41)(H,38,40,42). The third kappa shape index (κ3) is 6.17. The molecule has 0 saturated carbocycles. The van der Waals surface area contributed by atoms with Crippen LogP contribution in [0.25, 0.3) is 45.6 Å². The molecule has 7 rings (SSSR count). The van der Waals surface area contributed by atoms with Gasteiger partial charge in [-0.2, -0.15) is 10.2 Å². The van der Waals surface area contributed by atoms with Crippen LogP contribution in [-0.4, -0.2) is 42.3 Å². The summed E-state index contributed by atoms with van der Waals surface area (Å²) >= 11 is 0.